The van der Waals surface area contributed by atoms with Crippen LogP contribution in [0.4, 0.5) is 0 Å². The van der Waals surface area contributed by atoms with Crippen LogP contribution in [0.5, 0.6) is 0 Å². The molecule has 0 saturated heterocycles. The van der Waals surface area contributed by atoms with Crippen molar-refractivity contribution < 1.29 is 9.90 Å². The normalized spacial score (nSPS) is 20.2. The van der Waals surface area contributed by atoms with Gasteiger partial charge in [0.25, 0.3) is 0 Å². The average molecular weight is 162 g/mol. The number of Topliss-reactive ketones (excluding diaryl/α,β-unsaturated/α-hetero) is 1. The first kappa shape index (κ1) is 7.50. The topological polar surface area (TPSA) is 37.3 Å². The zero-order valence-corrected chi connectivity index (χ0v) is 6.66. The van der Waals surface area contributed by atoms with E-state index in [0.717, 1.165) is 5.56 Å². The molecule has 2 nitrogen and oxygen atoms in total. The van der Waals surface area contributed by atoms with Crippen molar-refractivity contribution in [2.75, 3.05) is 0 Å². The molecule has 0 unspecified atom stereocenters. The highest BCUT2D eigenvalue weighted by Crippen LogP contribution is 2.37. The minimum Gasteiger partial charge on any atom is -0.384 e. The number of rotatable bonds is 1. The molecule has 1 aliphatic rings. The molecule has 62 valence electrons. The lowest BCUT2D eigenvalue weighted by Gasteiger charge is -2.35. The number of hydrogen-bond donors (Lipinski definition) is 1. The number of aliphatic hydroxyl groups is 1. The molecule has 0 amide bonds. The molecule has 0 aromatic heterocycles. The highest BCUT2D eigenvalue weighted by Gasteiger charge is 2.42. The lowest BCUT2D eigenvalue weighted by atomic mass is 9.74. The van der Waals surface area contributed by atoms with Gasteiger partial charge in [0.1, 0.15) is 11.4 Å². The molecule has 0 aliphatic heterocycles. The summed E-state index contributed by atoms with van der Waals surface area (Å²) < 4.78 is 0. The van der Waals surface area contributed by atoms with Gasteiger partial charge < -0.3 is 5.11 Å². The second kappa shape index (κ2) is 2.42. The van der Waals surface area contributed by atoms with Crippen LogP contribution in [0, 0.1) is 0 Å². The molecule has 1 fully saturated rings. The van der Waals surface area contributed by atoms with Crippen LogP contribution in [0.25, 0.3) is 0 Å². The van der Waals surface area contributed by atoms with Gasteiger partial charge in [0.2, 0.25) is 0 Å². The van der Waals surface area contributed by atoms with E-state index in [4.69, 9.17) is 0 Å². The first-order valence-electron chi connectivity index (χ1n) is 4.00. The van der Waals surface area contributed by atoms with Gasteiger partial charge in [0.05, 0.1) is 0 Å². The average Bonchev–Trinajstić information content (AvgIpc) is 2.04. The summed E-state index contributed by atoms with van der Waals surface area (Å²) in [4.78, 5) is 10.7. The standard InChI is InChI=1S/C10H10O2/c11-9-6-10(12,7-9)8-4-2-1-3-5-8/h1-5,12H,6-7H2. The molecule has 1 aromatic rings. The van der Waals surface area contributed by atoms with Crippen LogP contribution in [-0.2, 0) is 10.4 Å². The Morgan fingerprint density at radius 2 is 1.75 bits per heavy atom. The van der Waals surface area contributed by atoms with Gasteiger partial charge in [0.15, 0.2) is 0 Å². The summed E-state index contributed by atoms with van der Waals surface area (Å²) in [6.45, 7) is 0. The molecule has 0 atom stereocenters. The lowest BCUT2D eigenvalue weighted by molar-refractivity contribution is -0.143. The molecule has 0 heterocycles. The number of hydrogen-bond acceptors (Lipinski definition) is 2. The Hall–Kier alpha value is -1.15. The van der Waals surface area contributed by atoms with Crippen molar-refractivity contribution in [3.8, 4) is 0 Å². The lowest BCUT2D eigenvalue weighted by Crippen LogP contribution is -2.41. The summed E-state index contributed by atoms with van der Waals surface area (Å²) in [5.74, 6) is 0.140. The molecular formula is C10H10O2. The monoisotopic (exact) mass is 162 g/mol. The van der Waals surface area contributed by atoms with E-state index in [9.17, 15) is 9.90 Å². The Morgan fingerprint density at radius 1 is 1.17 bits per heavy atom. The molecular weight excluding hydrogens is 152 g/mol. The molecule has 1 aliphatic carbocycles. The fraction of sp³-hybridized carbons (Fsp3) is 0.300. The Morgan fingerprint density at radius 3 is 2.25 bits per heavy atom. The van der Waals surface area contributed by atoms with E-state index in [-0.39, 0.29) is 18.6 Å². The van der Waals surface area contributed by atoms with Crippen molar-refractivity contribution in [2.45, 2.75) is 18.4 Å². The third-order valence-corrected chi connectivity index (χ3v) is 2.29. The number of ketones is 1. The number of carbonyl (C=O) groups excluding carboxylic acids is 1. The van der Waals surface area contributed by atoms with Crippen molar-refractivity contribution in [1.82, 2.24) is 0 Å². The van der Waals surface area contributed by atoms with Gasteiger partial charge in [-0.3, -0.25) is 4.79 Å². The molecule has 0 spiro atoms. The predicted molar refractivity (Wildman–Crippen MR) is 44.6 cm³/mol. The van der Waals surface area contributed by atoms with Crippen molar-refractivity contribution in [3.05, 3.63) is 35.9 Å². The first-order valence-corrected chi connectivity index (χ1v) is 4.00. The SMILES string of the molecule is O=C1CC(O)(c2ccccc2)C1. The van der Waals surface area contributed by atoms with Crippen molar-refractivity contribution in [1.29, 1.82) is 0 Å². The van der Waals surface area contributed by atoms with E-state index in [1.807, 2.05) is 30.3 Å². The summed E-state index contributed by atoms with van der Waals surface area (Å²) in [5, 5.41) is 9.83. The fourth-order valence-electron chi connectivity index (χ4n) is 1.55. The van der Waals surface area contributed by atoms with E-state index < -0.39 is 5.60 Å². The van der Waals surface area contributed by atoms with E-state index >= 15 is 0 Å². The summed E-state index contributed by atoms with van der Waals surface area (Å²) in [6.07, 6.45) is 0.550. The van der Waals surface area contributed by atoms with Crippen LogP contribution >= 0.6 is 0 Å². The van der Waals surface area contributed by atoms with E-state index in [1.165, 1.54) is 0 Å². The number of carbonyl (C=O) groups is 1. The van der Waals surface area contributed by atoms with E-state index in [0.29, 0.717) is 0 Å². The molecule has 2 heteroatoms. The second-order valence-electron chi connectivity index (χ2n) is 3.29. The van der Waals surface area contributed by atoms with Crippen LogP contribution in [-0.4, -0.2) is 10.9 Å². The van der Waals surface area contributed by atoms with E-state index in [1.54, 1.807) is 0 Å². The smallest absolute Gasteiger partial charge is 0.139 e. The number of benzene rings is 1. The maximum Gasteiger partial charge on any atom is 0.139 e. The molecule has 2 rings (SSSR count). The second-order valence-corrected chi connectivity index (χ2v) is 3.29. The predicted octanol–water partition coefficient (Wildman–Crippen LogP) is 1.24. The summed E-state index contributed by atoms with van der Waals surface area (Å²) >= 11 is 0. The quantitative estimate of drug-likeness (QED) is 0.674. The molecule has 0 radical (unpaired) electrons. The van der Waals surface area contributed by atoms with Gasteiger partial charge >= 0.3 is 0 Å². The Balaban J connectivity index is 2.27. The van der Waals surface area contributed by atoms with Gasteiger partial charge in [-0.1, -0.05) is 30.3 Å². The van der Waals surface area contributed by atoms with Crippen LogP contribution in [0.1, 0.15) is 18.4 Å². The third-order valence-electron chi connectivity index (χ3n) is 2.29. The highest BCUT2D eigenvalue weighted by atomic mass is 16.3. The van der Waals surface area contributed by atoms with E-state index in [2.05, 4.69) is 0 Å². The molecule has 0 bridgehead atoms. The summed E-state index contributed by atoms with van der Waals surface area (Å²) in [5.41, 5.74) is -0.0113. The van der Waals surface area contributed by atoms with Crippen molar-refractivity contribution in [2.24, 2.45) is 0 Å². The molecule has 1 saturated carbocycles. The summed E-state index contributed by atoms with van der Waals surface area (Å²) in [7, 11) is 0. The van der Waals surface area contributed by atoms with Crippen molar-refractivity contribution in [3.63, 3.8) is 0 Å². The third kappa shape index (κ3) is 1.04. The fourth-order valence-corrected chi connectivity index (χ4v) is 1.55. The molecule has 12 heavy (non-hydrogen) atoms. The van der Waals surface area contributed by atoms with Crippen molar-refractivity contribution >= 4 is 5.78 Å². The Kier molecular flexibility index (Phi) is 1.51. The van der Waals surface area contributed by atoms with Gasteiger partial charge in [-0.2, -0.15) is 0 Å². The molecule has 1 N–H and O–H groups in total. The maximum atomic E-state index is 10.7. The van der Waals surface area contributed by atoms with Crippen LogP contribution in [0.2, 0.25) is 0 Å². The van der Waals surface area contributed by atoms with Gasteiger partial charge in [-0.15, -0.1) is 0 Å². The zero-order chi connectivity index (χ0) is 8.60. The molecule has 1 aromatic carbocycles. The highest BCUT2D eigenvalue weighted by molar-refractivity contribution is 5.87. The van der Waals surface area contributed by atoms with Gasteiger partial charge in [-0.25, -0.2) is 0 Å². The first-order chi connectivity index (χ1) is 5.71. The Bertz CT molecular complexity index is 295. The Labute approximate surface area is 70.8 Å². The largest absolute Gasteiger partial charge is 0.384 e. The zero-order valence-electron chi connectivity index (χ0n) is 6.66. The van der Waals surface area contributed by atoms with Crippen LogP contribution < -0.4 is 0 Å². The van der Waals surface area contributed by atoms with Gasteiger partial charge in [-0.05, 0) is 5.56 Å². The maximum absolute atomic E-state index is 10.7. The van der Waals surface area contributed by atoms with Crippen LogP contribution in [0.15, 0.2) is 30.3 Å². The summed E-state index contributed by atoms with van der Waals surface area (Å²) in [6, 6.07) is 9.35. The minimum atomic E-state index is -0.863. The van der Waals surface area contributed by atoms with Crippen LogP contribution in [0.3, 0.4) is 0 Å². The van der Waals surface area contributed by atoms with Gasteiger partial charge in [0, 0.05) is 12.8 Å². The minimum absolute atomic E-state index is 0.140.